The van der Waals surface area contributed by atoms with E-state index in [1.54, 1.807) is 12.4 Å². The van der Waals surface area contributed by atoms with E-state index in [1.807, 2.05) is 30.3 Å². The van der Waals surface area contributed by atoms with Crippen LogP contribution in [0.1, 0.15) is 42.3 Å². The molecule has 2 N–H and O–H groups in total. The Morgan fingerprint density at radius 2 is 1.67 bits per heavy atom. The SMILES string of the molecule is CC(C)(C)c1ccccc1Nc1ncc(C(=O)NCc2ccncc2)cn1. The lowest BCUT2D eigenvalue weighted by Gasteiger charge is -2.22. The summed E-state index contributed by atoms with van der Waals surface area (Å²) in [6.45, 7) is 6.90. The van der Waals surface area contributed by atoms with Gasteiger partial charge in [0.1, 0.15) is 0 Å². The zero-order valence-corrected chi connectivity index (χ0v) is 15.7. The molecule has 2 aromatic heterocycles. The van der Waals surface area contributed by atoms with E-state index in [0.717, 1.165) is 11.3 Å². The first kappa shape index (κ1) is 18.5. The summed E-state index contributed by atoms with van der Waals surface area (Å²) in [6.07, 6.45) is 6.44. The van der Waals surface area contributed by atoms with Gasteiger partial charge >= 0.3 is 0 Å². The van der Waals surface area contributed by atoms with E-state index in [1.165, 1.54) is 18.0 Å². The third-order valence-corrected chi connectivity index (χ3v) is 4.10. The Labute approximate surface area is 159 Å². The first-order chi connectivity index (χ1) is 12.9. The molecule has 0 unspecified atom stereocenters. The number of pyridine rings is 1. The van der Waals surface area contributed by atoms with Gasteiger partial charge < -0.3 is 10.6 Å². The topological polar surface area (TPSA) is 79.8 Å². The average Bonchev–Trinajstić information content (AvgIpc) is 2.67. The van der Waals surface area contributed by atoms with Crippen molar-refractivity contribution >= 4 is 17.5 Å². The monoisotopic (exact) mass is 361 g/mol. The molecule has 6 nitrogen and oxygen atoms in total. The fraction of sp³-hybridized carbons (Fsp3) is 0.238. The van der Waals surface area contributed by atoms with E-state index in [-0.39, 0.29) is 11.3 Å². The summed E-state index contributed by atoms with van der Waals surface area (Å²) in [7, 11) is 0. The van der Waals surface area contributed by atoms with Crippen LogP contribution >= 0.6 is 0 Å². The third-order valence-electron chi connectivity index (χ3n) is 4.10. The van der Waals surface area contributed by atoms with Crippen molar-refractivity contribution in [3.05, 3.63) is 77.9 Å². The van der Waals surface area contributed by atoms with Crippen molar-refractivity contribution < 1.29 is 4.79 Å². The fourth-order valence-electron chi connectivity index (χ4n) is 2.66. The maximum Gasteiger partial charge on any atom is 0.254 e. The summed E-state index contributed by atoms with van der Waals surface area (Å²) in [5.74, 6) is 0.242. The number of anilines is 2. The third kappa shape index (κ3) is 4.88. The van der Waals surface area contributed by atoms with Crippen molar-refractivity contribution in [2.24, 2.45) is 0 Å². The molecule has 0 aliphatic heterocycles. The van der Waals surface area contributed by atoms with Crippen LogP contribution in [0.3, 0.4) is 0 Å². The van der Waals surface area contributed by atoms with Crippen molar-refractivity contribution in [3.63, 3.8) is 0 Å². The van der Waals surface area contributed by atoms with Gasteiger partial charge in [0.05, 0.1) is 5.56 Å². The van der Waals surface area contributed by atoms with Gasteiger partial charge in [-0.3, -0.25) is 9.78 Å². The van der Waals surface area contributed by atoms with Gasteiger partial charge in [-0.2, -0.15) is 0 Å². The Morgan fingerprint density at radius 1 is 1.00 bits per heavy atom. The van der Waals surface area contributed by atoms with Crippen LogP contribution in [0, 0.1) is 0 Å². The Morgan fingerprint density at radius 3 is 2.33 bits per heavy atom. The predicted octanol–water partition coefficient (Wildman–Crippen LogP) is 3.84. The molecule has 2 heterocycles. The fourth-order valence-corrected chi connectivity index (χ4v) is 2.66. The van der Waals surface area contributed by atoms with Crippen LogP contribution < -0.4 is 10.6 Å². The van der Waals surface area contributed by atoms with Crippen molar-refractivity contribution in [2.75, 3.05) is 5.32 Å². The molecule has 1 aromatic carbocycles. The normalized spacial score (nSPS) is 11.1. The van der Waals surface area contributed by atoms with Crippen LogP contribution in [-0.4, -0.2) is 20.9 Å². The number of nitrogens with one attached hydrogen (secondary N) is 2. The van der Waals surface area contributed by atoms with Crippen molar-refractivity contribution in [3.8, 4) is 0 Å². The number of benzene rings is 1. The second-order valence-electron chi connectivity index (χ2n) is 7.25. The molecule has 1 amide bonds. The molecule has 3 aromatic rings. The highest BCUT2D eigenvalue weighted by Gasteiger charge is 2.18. The molecule has 0 aliphatic carbocycles. The summed E-state index contributed by atoms with van der Waals surface area (Å²) < 4.78 is 0. The number of carbonyl (C=O) groups excluding carboxylic acids is 1. The molecule has 0 atom stereocenters. The van der Waals surface area contributed by atoms with Gasteiger partial charge in [0.15, 0.2) is 0 Å². The Bertz CT molecular complexity index is 902. The van der Waals surface area contributed by atoms with Gasteiger partial charge in [-0.25, -0.2) is 9.97 Å². The lowest BCUT2D eigenvalue weighted by atomic mass is 9.86. The van der Waals surface area contributed by atoms with Gasteiger partial charge in [-0.1, -0.05) is 39.0 Å². The van der Waals surface area contributed by atoms with Gasteiger partial charge in [0.25, 0.3) is 5.91 Å². The van der Waals surface area contributed by atoms with Gasteiger partial charge in [0.2, 0.25) is 5.95 Å². The Hall–Kier alpha value is -3.28. The maximum absolute atomic E-state index is 12.2. The number of rotatable bonds is 5. The van der Waals surface area contributed by atoms with Crippen molar-refractivity contribution in [2.45, 2.75) is 32.7 Å². The number of amides is 1. The van der Waals surface area contributed by atoms with E-state index in [2.05, 4.69) is 52.4 Å². The molecular weight excluding hydrogens is 338 g/mol. The van der Waals surface area contributed by atoms with Crippen LogP contribution in [0.5, 0.6) is 0 Å². The summed E-state index contributed by atoms with van der Waals surface area (Å²) in [4.78, 5) is 24.8. The van der Waals surface area contributed by atoms with Crippen LogP contribution in [-0.2, 0) is 12.0 Å². The van der Waals surface area contributed by atoms with Crippen LogP contribution in [0.2, 0.25) is 0 Å². The number of carbonyl (C=O) groups is 1. The number of nitrogens with zero attached hydrogens (tertiary/aromatic N) is 3. The van der Waals surface area contributed by atoms with E-state index in [9.17, 15) is 4.79 Å². The lowest BCUT2D eigenvalue weighted by molar-refractivity contribution is 0.0950. The van der Waals surface area contributed by atoms with Crippen molar-refractivity contribution in [1.29, 1.82) is 0 Å². The van der Waals surface area contributed by atoms with E-state index in [4.69, 9.17) is 0 Å². The van der Waals surface area contributed by atoms with Gasteiger partial charge in [0, 0.05) is 37.0 Å². The highest BCUT2D eigenvalue weighted by molar-refractivity contribution is 5.93. The van der Waals surface area contributed by atoms with E-state index < -0.39 is 0 Å². The minimum absolute atomic E-state index is 0.00359. The summed E-state index contributed by atoms with van der Waals surface area (Å²) in [5.41, 5.74) is 3.53. The first-order valence-corrected chi connectivity index (χ1v) is 8.79. The quantitative estimate of drug-likeness (QED) is 0.722. The summed E-state index contributed by atoms with van der Waals surface area (Å²) in [5, 5.41) is 6.09. The molecule has 0 saturated carbocycles. The molecule has 0 bridgehead atoms. The van der Waals surface area contributed by atoms with Crippen LogP contribution in [0.25, 0.3) is 0 Å². The largest absolute Gasteiger partial charge is 0.348 e. The number of aromatic nitrogens is 3. The minimum atomic E-state index is -0.214. The second kappa shape index (κ2) is 7.95. The van der Waals surface area contributed by atoms with Gasteiger partial charge in [-0.15, -0.1) is 0 Å². The molecule has 0 fully saturated rings. The Kier molecular flexibility index (Phi) is 5.45. The smallest absolute Gasteiger partial charge is 0.254 e. The number of hydrogen-bond donors (Lipinski definition) is 2. The molecule has 27 heavy (non-hydrogen) atoms. The standard InChI is InChI=1S/C21H23N5O/c1-21(2,3)17-6-4-5-7-18(17)26-20-24-13-16(14-25-20)19(27)23-12-15-8-10-22-11-9-15/h4-11,13-14H,12H2,1-3H3,(H,23,27)(H,24,25,26). The second-order valence-corrected chi connectivity index (χ2v) is 7.25. The zero-order chi connectivity index (χ0) is 19.3. The molecule has 6 heteroatoms. The predicted molar refractivity (Wildman–Crippen MR) is 106 cm³/mol. The molecule has 0 saturated heterocycles. The molecule has 138 valence electrons. The number of hydrogen-bond acceptors (Lipinski definition) is 5. The Balaban J connectivity index is 1.66. The highest BCUT2D eigenvalue weighted by Crippen LogP contribution is 2.30. The average molecular weight is 361 g/mol. The summed E-state index contributed by atoms with van der Waals surface area (Å²) in [6, 6.07) is 11.8. The molecule has 0 radical (unpaired) electrons. The number of para-hydroxylation sites is 1. The highest BCUT2D eigenvalue weighted by atomic mass is 16.1. The van der Waals surface area contributed by atoms with Crippen LogP contribution in [0.4, 0.5) is 11.6 Å². The first-order valence-electron chi connectivity index (χ1n) is 8.79. The van der Waals surface area contributed by atoms with E-state index >= 15 is 0 Å². The lowest BCUT2D eigenvalue weighted by Crippen LogP contribution is -2.23. The van der Waals surface area contributed by atoms with Crippen LogP contribution in [0.15, 0.2) is 61.2 Å². The summed E-state index contributed by atoms with van der Waals surface area (Å²) >= 11 is 0. The minimum Gasteiger partial charge on any atom is -0.348 e. The molecule has 0 spiro atoms. The van der Waals surface area contributed by atoms with Crippen molar-refractivity contribution in [1.82, 2.24) is 20.3 Å². The molecule has 3 rings (SSSR count). The maximum atomic E-state index is 12.2. The molecular formula is C21H23N5O. The van der Waals surface area contributed by atoms with E-state index in [0.29, 0.717) is 18.1 Å². The zero-order valence-electron chi connectivity index (χ0n) is 15.7. The van der Waals surface area contributed by atoms with Gasteiger partial charge in [-0.05, 0) is 34.7 Å². The molecule has 0 aliphatic rings.